The first-order valence-corrected chi connectivity index (χ1v) is 5.44. The first-order valence-electron chi connectivity index (χ1n) is 5.44. The molecule has 0 spiro atoms. The highest BCUT2D eigenvalue weighted by Gasteiger charge is 2.48. The van der Waals surface area contributed by atoms with E-state index in [1.807, 2.05) is 24.3 Å². The summed E-state index contributed by atoms with van der Waals surface area (Å²) in [5, 5.41) is 19.5. The quantitative estimate of drug-likeness (QED) is 0.638. The molecular formula is C12H13NO3. The van der Waals surface area contributed by atoms with E-state index < -0.39 is 12.2 Å². The third-order valence-corrected chi connectivity index (χ3v) is 3.51. The number of fused-ring (bicyclic) bond motifs is 3. The molecule has 0 bridgehead atoms. The number of hydrogen-bond donors (Lipinski definition) is 2. The van der Waals surface area contributed by atoms with Crippen molar-refractivity contribution >= 4 is 5.91 Å². The van der Waals surface area contributed by atoms with Crippen molar-refractivity contribution in [3.05, 3.63) is 35.4 Å². The maximum atomic E-state index is 11.7. The average molecular weight is 219 g/mol. The SMILES string of the molecule is O=C1[C@H](O)[C@H](O)[C@@H]2c3ccccc3CCN12. The summed E-state index contributed by atoms with van der Waals surface area (Å²) in [5.41, 5.74) is 2.12. The van der Waals surface area contributed by atoms with Crippen molar-refractivity contribution in [3.8, 4) is 0 Å². The summed E-state index contributed by atoms with van der Waals surface area (Å²) in [7, 11) is 0. The van der Waals surface area contributed by atoms with Crippen LogP contribution in [0.3, 0.4) is 0 Å². The van der Waals surface area contributed by atoms with Crippen molar-refractivity contribution in [1.82, 2.24) is 4.90 Å². The van der Waals surface area contributed by atoms with E-state index in [9.17, 15) is 15.0 Å². The molecule has 1 aromatic carbocycles. The molecule has 3 rings (SSSR count). The van der Waals surface area contributed by atoms with E-state index in [1.165, 1.54) is 0 Å². The van der Waals surface area contributed by atoms with Gasteiger partial charge >= 0.3 is 0 Å². The third kappa shape index (κ3) is 1.14. The number of rotatable bonds is 0. The van der Waals surface area contributed by atoms with Gasteiger partial charge in [-0.3, -0.25) is 4.79 Å². The molecule has 0 aliphatic carbocycles. The van der Waals surface area contributed by atoms with Gasteiger partial charge in [0.15, 0.2) is 6.10 Å². The van der Waals surface area contributed by atoms with Crippen LogP contribution >= 0.6 is 0 Å². The number of amides is 1. The first-order chi connectivity index (χ1) is 7.70. The molecule has 1 saturated heterocycles. The molecule has 16 heavy (non-hydrogen) atoms. The molecular weight excluding hydrogens is 206 g/mol. The van der Waals surface area contributed by atoms with Crippen LogP contribution in [0.25, 0.3) is 0 Å². The van der Waals surface area contributed by atoms with Crippen molar-refractivity contribution in [2.75, 3.05) is 6.54 Å². The Morgan fingerprint density at radius 1 is 1.25 bits per heavy atom. The number of benzene rings is 1. The predicted octanol–water partition coefficient (Wildman–Crippen LogP) is -0.152. The lowest BCUT2D eigenvalue weighted by Gasteiger charge is -2.32. The van der Waals surface area contributed by atoms with Gasteiger partial charge in [0.05, 0.1) is 6.04 Å². The summed E-state index contributed by atoms with van der Waals surface area (Å²) < 4.78 is 0. The van der Waals surface area contributed by atoms with Crippen LogP contribution in [0, 0.1) is 0 Å². The van der Waals surface area contributed by atoms with Crippen molar-refractivity contribution in [2.24, 2.45) is 0 Å². The van der Waals surface area contributed by atoms with E-state index >= 15 is 0 Å². The van der Waals surface area contributed by atoms with Crippen LogP contribution in [0.4, 0.5) is 0 Å². The summed E-state index contributed by atoms with van der Waals surface area (Å²) in [6.45, 7) is 0.578. The molecule has 2 heterocycles. The van der Waals surface area contributed by atoms with E-state index in [4.69, 9.17) is 0 Å². The van der Waals surface area contributed by atoms with Gasteiger partial charge in [-0.05, 0) is 17.5 Å². The lowest BCUT2D eigenvalue weighted by Crippen LogP contribution is -2.36. The van der Waals surface area contributed by atoms with E-state index in [0.717, 1.165) is 17.5 Å². The normalized spacial score (nSPS) is 32.5. The highest BCUT2D eigenvalue weighted by atomic mass is 16.3. The Kier molecular flexibility index (Phi) is 2.02. The van der Waals surface area contributed by atoms with Gasteiger partial charge in [-0.1, -0.05) is 24.3 Å². The maximum absolute atomic E-state index is 11.7. The zero-order valence-corrected chi connectivity index (χ0v) is 8.71. The van der Waals surface area contributed by atoms with E-state index in [2.05, 4.69) is 0 Å². The fourth-order valence-electron chi connectivity index (χ4n) is 2.70. The van der Waals surface area contributed by atoms with Crippen LogP contribution < -0.4 is 0 Å². The number of aliphatic hydroxyl groups is 2. The molecule has 4 nitrogen and oxygen atoms in total. The van der Waals surface area contributed by atoms with Gasteiger partial charge < -0.3 is 15.1 Å². The van der Waals surface area contributed by atoms with Crippen molar-refractivity contribution in [3.63, 3.8) is 0 Å². The molecule has 2 aliphatic heterocycles. The van der Waals surface area contributed by atoms with E-state index in [1.54, 1.807) is 4.90 Å². The Morgan fingerprint density at radius 3 is 2.81 bits per heavy atom. The van der Waals surface area contributed by atoms with Gasteiger partial charge in [0.2, 0.25) is 0 Å². The zero-order valence-electron chi connectivity index (χ0n) is 8.71. The largest absolute Gasteiger partial charge is 0.387 e. The van der Waals surface area contributed by atoms with Crippen LogP contribution in [-0.4, -0.2) is 39.8 Å². The van der Waals surface area contributed by atoms with E-state index in [-0.39, 0.29) is 11.9 Å². The zero-order chi connectivity index (χ0) is 11.3. The van der Waals surface area contributed by atoms with Crippen molar-refractivity contribution < 1.29 is 15.0 Å². The van der Waals surface area contributed by atoms with Crippen molar-refractivity contribution in [1.29, 1.82) is 0 Å². The Morgan fingerprint density at radius 2 is 2.00 bits per heavy atom. The fraction of sp³-hybridized carbons (Fsp3) is 0.417. The van der Waals surface area contributed by atoms with Gasteiger partial charge in [0.1, 0.15) is 6.10 Å². The number of aliphatic hydroxyl groups excluding tert-OH is 2. The second-order valence-electron chi connectivity index (χ2n) is 4.36. The Hall–Kier alpha value is -1.39. The monoisotopic (exact) mass is 219 g/mol. The molecule has 3 atom stereocenters. The molecule has 0 aromatic heterocycles. The third-order valence-electron chi connectivity index (χ3n) is 3.51. The maximum Gasteiger partial charge on any atom is 0.254 e. The summed E-state index contributed by atoms with van der Waals surface area (Å²) in [6, 6.07) is 7.40. The Balaban J connectivity index is 2.10. The molecule has 1 amide bonds. The minimum absolute atomic E-state index is 0.355. The average Bonchev–Trinajstić information content (AvgIpc) is 2.55. The Bertz CT molecular complexity index is 446. The number of carbonyl (C=O) groups excluding carboxylic acids is 1. The standard InChI is InChI=1S/C12H13NO3/c14-10-9-8-4-2-1-3-7(8)5-6-13(9)12(16)11(10)15/h1-4,9-11,14-15H,5-6H2/t9-,10+,11+/m0/s1. The second-order valence-corrected chi connectivity index (χ2v) is 4.36. The highest BCUT2D eigenvalue weighted by Crippen LogP contribution is 2.38. The molecule has 0 radical (unpaired) electrons. The van der Waals surface area contributed by atoms with Gasteiger partial charge in [0.25, 0.3) is 5.91 Å². The molecule has 84 valence electrons. The van der Waals surface area contributed by atoms with Crippen LogP contribution in [0.2, 0.25) is 0 Å². The molecule has 1 aromatic rings. The van der Waals surface area contributed by atoms with Crippen LogP contribution in [0.5, 0.6) is 0 Å². The molecule has 0 unspecified atom stereocenters. The minimum Gasteiger partial charge on any atom is -0.387 e. The Labute approximate surface area is 93.1 Å². The summed E-state index contributed by atoms with van der Waals surface area (Å²) in [5.74, 6) is -0.355. The molecule has 1 fully saturated rings. The van der Waals surface area contributed by atoms with Gasteiger partial charge in [0, 0.05) is 6.54 Å². The number of hydrogen-bond acceptors (Lipinski definition) is 3. The molecule has 2 N–H and O–H groups in total. The molecule has 4 heteroatoms. The second kappa shape index (κ2) is 3.30. The highest BCUT2D eigenvalue weighted by molar-refractivity contribution is 5.85. The topological polar surface area (TPSA) is 60.8 Å². The molecule has 0 saturated carbocycles. The number of nitrogens with zero attached hydrogens (tertiary/aromatic N) is 1. The van der Waals surface area contributed by atoms with Crippen LogP contribution in [0.1, 0.15) is 17.2 Å². The van der Waals surface area contributed by atoms with E-state index in [0.29, 0.717) is 6.54 Å². The first kappa shape index (κ1) is 9.81. The fourth-order valence-corrected chi connectivity index (χ4v) is 2.70. The summed E-state index contributed by atoms with van der Waals surface area (Å²) in [4.78, 5) is 13.3. The van der Waals surface area contributed by atoms with Gasteiger partial charge in [-0.25, -0.2) is 0 Å². The van der Waals surface area contributed by atoms with Crippen LogP contribution in [0.15, 0.2) is 24.3 Å². The van der Waals surface area contributed by atoms with Gasteiger partial charge in [-0.2, -0.15) is 0 Å². The molecule has 2 aliphatic rings. The lowest BCUT2D eigenvalue weighted by atomic mass is 9.91. The van der Waals surface area contributed by atoms with Gasteiger partial charge in [-0.15, -0.1) is 0 Å². The summed E-state index contributed by atoms with van der Waals surface area (Å²) in [6.07, 6.45) is -1.48. The number of carbonyl (C=O) groups is 1. The van der Waals surface area contributed by atoms with Crippen LogP contribution in [-0.2, 0) is 11.2 Å². The smallest absolute Gasteiger partial charge is 0.254 e. The predicted molar refractivity (Wildman–Crippen MR) is 56.6 cm³/mol. The summed E-state index contributed by atoms with van der Waals surface area (Å²) >= 11 is 0. The minimum atomic E-state index is -1.27. The lowest BCUT2D eigenvalue weighted by molar-refractivity contribution is -0.136. The van der Waals surface area contributed by atoms with Crippen molar-refractivity contribution in [2.45, 2.75) is 24.7 Å².